The molecule has 1 amide bonds. The summed E-state index contributed by atoms with van der Waals surface area (Å²) in [5, 5.41) is 8.73. The number of nitrogens with one attached hydrogen (secondary N) is 1. The smallest absolute Gasteiger partial charge is 0.387 e. The van der Waals surface area contributed by atoms with Crippen LogP contribution in [0.5, 0.6) is 5.75 Å². The topological polar surface area (TPSA) is 86.1 Å². The summed E-state index contributed by atoms with van der Waals surface area (Å²) in [4.78, 5) is 28.9. The maximum atomic E-state index is 12.6. The van der Waals surface area contributed by atoms with Gasteiger partial charge in [0.15, 0.2) is 5.13 Å². The van der Waals surface area contributed by atoms with Gasteiger partial charge in [0, 0.05) is 22.6 Å². The molecule has 2 aromatic carbocycles. The number of nitrogens with zero attached hydrogens (tertiary/aromatic N) is 3. The Labute approximate surface area is 184 Å². The predicted molar refractivity (Wildman–Crippen MR) is 117 cm³/mol. The number of ether oxygens (including phenoxy) is 1. The first-order valence-corrected chi connectivity index (χ1v) is 10.3. The van der Waals surface area contributed by atoms with Crippen LogP contribution >= 0.6 is 11.3 Å². The second-order valence-electron chi connectivity index (χ2n) is 6.54. The molecule has 2 aromatic heterocycles. The molecule has 0 aliphatic carbocycles. The van der Waals surface area contributed by atoms with Gasteiger partial charge in [-0.3, -0.25) is 9.59 Å². The Balaban J connectivity index is 1.49. The maximum Gasteiger partial charge on any atom is 0.387 e. The summed E-state index contributed by atoms with van der Waals surface area (Å²) in [5.41, 5.74) is 1.71. The van der Waals surface area contributed by atoms with Crippen LogP contribution in [0.4, 0.5) is 13.9 Å². The van der Waals surface area contributed by atoms with Crippen molar-refractivity contribution in [2.45, 2.75) is 13.2 Å². The molecule has 1 N–H and O–H groups in total. The molecule has 7 nitrogen and oxygen atoms in total. The molecule has 0 fully saturated rings. The number of hydrogen-bond donors (Lipinski definition) is 1. The Bertz CT molecular complexity index is 1290. The van der Waals surface area contributed by atoms with E-state index in [2.05, 4.69) is 20.1 Å². The van der Waals surface area contributed by atoms with Gasteiger partial charge in [-0.15, -0.1) is 11.3 Å². The first-order valence-electron chi connectivity index (χ1n) is 9.43. The van der Waals surface area contributed by atoms with Crippen molar-refractivity contribution >= 4 is 22.4 Å². The van der Waals surface area contributed by atoms with Crippen molar-refractivity contribution in [1.29, 1.82) is 0 Å². The highest BCUT2D eigenvalue weighted by atomic mass is 32.1. The molecular formula is C22H16F2N4O3S. The Morgan fingerprint density at radius 3 is 2.56 bits per heavy atom. The third-order valence-corrected chi connectivity index (χ3v) is 5.12. The maximum absolute atomic E-state index is 12.6. The molecule has 0 saturated carbocycles. The normalized spacial score (nSPS) is 10.8. The fourth-order valence-electron chi connectivity index (χ4n) is 2.95. The minimum Gasteiger partial charge on any atom is -0.434 e. The van der Waals surface area contributed by atoms with E-state index in [0.717, 1.165) is 21.6 Å². The summed E-state index contributed by atoms with van der Waals surface area (Å²) in [6.45, 7) is -3.27. The average Bonchev–Trinajstić information content (AvgIpc) is 3.24. The lowest BCUT2D eigenvalue weighted by atomic mass is 10.1. The van der Waals surface area contributed by atoms with Crippen molar-refractivity contribution in [3.8, 4) is 28.3 Å². The number of benzene rings is 2. The van der Waals surface area contributed by atoms with E-state index in [0.29, 0.717) is 17.0 Å². The van der Waals surface area contributed by atoms with Crippen molar-refractivity contribution in [3.05, 3.63) is 82.5 Å². The van der Waals surface area contributed by atoms with Gasteiger partial charge in [-0.25, -0.2) is 9.67 Å². The van der Waals surface area contributed by atoms with Gasteiger partial charge in [0.05, 0.1) is 11.4 Å². The van der Waals surface area contributed by atoms with E-state index in [-0.39, 0.29) is 17.4 Å². The molecule has 4 aromatic rings. The summed E-state index contributed by atoms with van der Waals surface area (Å²) in [7, 11) is 0. The first-order chi connectivity index (χ1) is 15.5. The second kappa shape index (κ2) is 9.48. The van der Waals surface area contributed by atoms with Crippen LogP contribution in [0.1, 0.15) is 0 Å². The fraction of sp³-hybridized carbons (Fsp3) is 0.0909. The molecule has 2 heterocycles. The molecule has 10 heteroatoms. The van der Waals surface area contributed by atoms with Gasteiger partial charge in [-0.1, -0.05) is 42.5 Å². The SMILES string of the molecule is O=C(Cn1nc(-c2ccccc2)ccc1=O)Nc1nc(-c2ccccc2OC(F)F)cs1. The lowest BCUT2D eigenvalue weighted by Crippen LogP contribution is -2.29. The van der Waals surface area contributed by atoms with Gasteiger partial charge in [0.2, 0.25) is 5.91 Å². The molecule has 0 unspecified atom stereocenters. The molecule has 0 spiro atoms. The highest BCUT2D eigenvalue weighted by Crippen LogP contribution is 2.33. The number of carbonyl (C=O) groups excluding carboxylic acids is 1. The Hall–Kier alpha value is -3.92. The lowest BCUT2D eigenvalue weighted by molar-refractivity contribution is -0.117. The van der Waals surface area contributed by atoms with E-state index in [9.17, 15) is 18.4 Å². The number of rotatable bonds is 7. The largest absolute Gasteiger partial charge is 0.434 e. The van der Waals surface area contributed by atoms with Crippen LogP contribution in [0.2, 0.25) is 0 Å². The van der Waals surface area contributed by atoms with Gasteiger partial charge in [-0.2, -0.15) is 13.9 Å². The highest BCUT2D eigenvalue weighted by molar-refractivity contribution is 7.14. The molecule has 0 bridgehead atoms. The monoisotopic (exact) mass is 454 g/mol. The van der Waals surface area contributed by atoms with E-state index in [1.807, 2.05) is 30.3 Å². The summed E-state index contributed by atoms with van der Waals surface area (Å²) in [6, 6.07) is 18.5. The number of alkyl halides is 2. The number of para-hydroxylation sites is 1. The zero-order valence-electron chi connectivity index (χ0n) is 16.4. The highest BCUT2D eigenvalue weighted by Gasteiger charge is 2.15. The number of halogens is 2. The van der Waals surface area contributed by atoms with E-state index < -0.39 is 18.1 Å². The van der Waals surface area contributed by atoms with E-state index in [1.54, 1.807) is 29.6 Å². The van der Waals surface area contributed by atoms with Crippen LogP contribution < -0.4 is 15.6 Å². The van der Waals surface area contributed by atoms with Gasteiger partial charge < -0.3 is 10.1 Å². The average molecular weight is 454 g/mol. The van der Waals surface area contributed by atoms with Gasteiger partial charge in [-0.05, 0) is 18.2 Å². The zero-order valence-corrected chi connectivity index (χ0v) is 17.3. The van der Waals surface area contributed by atoms with Gasteiger partial charge >= 0.3 is 6.61 Å². The minimum absolute atomic E-state index is 0.0147. The predicted octanol–water partition coefficient (Wildman–Crippen LogP) is 4.27. The molecule has 4 rings (SSSR count). The van der Waals surface area contributed by atoms with Crippen molar-refractivity contribution in [2.24, 2.45) is 0 Å². The fourth-order valence-corrected chi connectivity index (χ4v) is 3.68. The van der Waals surface area contributed by atoms with Gasteiger partial charge in [0.1, 0.15) is 12.3 Å². The number of aromatic nitrogens is 3. The zero-order chi connectivity index (χ0) is 22.5. The first kappa shape index (κ1) is 21.3. The van der Waals surface area contributed by atoms with Crippen molar-refractivity contribution in [2.75, 3.05) is 5.32 Å². The van der Waals surface area contributed by atoms with E-state index in [1.165, 1.54) is 12.1 Å². The summed E-state index contributed by atoms with van der Waals surface area (Å²) < 4.78 is 30.9. The van der Waals surface area contributed by atoms with Crippen LogP contribution in [0.3, 0.4) is 0 Å². The van der Waals surface area contributed by atoms with Crippen LogP contribution in [0.25, 0.3) is 22.5 Å². The molecule has 0 saturated heterocycles. The summed E-state index contributed by atoms with van der Waals surface area (Å²) >= 11 is 1.12. The Kier molecular flexibility index (Phi) is 6.31. The third-order valence-electron chi connectivity index (χ3n) is 4.36. The number of anilines is 1. The second-order valence-corrected chi connectivity index (χ2v) is 7.40. The summed E-state index contributed by atoms with van der Waals surface area (Å²) in [5.74, 6) is -0.512. The number of thiazole rings is 1. The van der Waals surface area contributed by atoms with E-state index in [4.69, 9.17) is 0 Å². The molecule has 0 aliphatic heterocycles. The molecule has 32 heavy (non-hydrogen) atoms. The quantitative estimate of drug-likeness (QED) is 0.451. The number of hydrogen-bond acceptors (Lipinski definition) is 6. The molecular weight excluding hydrogens is 438 g/mol. The van der Waals surface area contributed by atoms with Crippen LogP contribution in [-0.2, 0) is 11.3 Å². The van der Waals surface area contributed by atoms with Crippen molar-refractivity contribution in [3.63, 3.8) is 0 Å². The molecule has 0 atom stereocenters. The Morgan fingerprint density at radius 2 is 1.78 bits per heavy atom. The van der Waals surface area contributed by atoms with Crippen LogP contribution in [0.15, 0.2) is 76.9 Å². The Morgan fingerprint density at radius 1 is 1.03 bits per heavy atom. The standard InChI is InChI=1S/C22H16F2N4O3S/c23-21(24)31-18-9-5-4-8-15(18)17-13-32-22(25-17)26-19(29)12-28-20(30)11-10-16(27-28)14-6-2-1-3-7-14/h1-11,13,21H,12H2,(H,25,26,29). The van der Waals surface area contributed by atoms with Crippen LogP contribution in [-0.4, -0.2) is 27.3 Å². The molecule has 0 radical (unpaired) electrons. The summed E-state index contributed by atoms with van der Waals surface area (Å²) in [6.07, 6.45) is 0. The van der Waals surface area contributed by atoms with E-state index >= 15 is 0 Å². The van der Waals surface area contributed by atoms with Crippen molar-refractivity contribution in [1.82, 2.24) is 14.8 Å². The van der Waals surface area contributed by atoms with Gasteiger partial charge in [0.25, 0.3) is 5.56 Å². The molecule has 162 valence electrons. The molecule has 0 aliphatic rings. The number of carbonyl (C=O) groups is 1. The number of amides is 1. The van der Waals surface area contributed by atoms with Crippen LogP contribution in [0, 0.1) is 0 Å². The minimum atomic E-state index is -2.97. The third kappa shape index (κ3) is 5.03. The lowest BCUT2D eigenvalue weighted by Gasteiger charge is -2.08. The van der Waals surface area contributed by atoms with Crippen molar-refractivity contribution < 1.29 is 18.3 Å².